The molecule has 0 radical (unpaired) electrons. The average Bonchev–Trinajstić information content (AvgIpc) is 2.60. The van der Waals surface area contributed by atoms with Crippen LogP contribution in [0.25, 0.3) is 0 Å². The number of hydrogen-bond donors (Lipinski definition) is 2. The van der Waals surface area contributed by atoms with Gasteiger partial charge in [-0.1, -0.05) is 104 Å². The molecule has 0 aromatic carbocycles. The molecular weight excluding hydrogens is 328 g/mol. The van der Waals surface area contributed by atoms with E-state index in [0.29, 0.717) is 0 Å². The van der Waals surface area contributed by atoms with Crippen molar-refractivity contribution >= 4 is 11.9 Å². The number of rotatable bonds is 19. The topological polar surface area (TPSA) is 74.6 Å². The molecule has 0 saturated carbocycles. The van der Waals surface area contributed by atoms with Crippen molar-refractivity contribution < 1.29 is 19.8 Å². The molecular formula is C22H42O4. The normalized spacial score (nSPS) is 13.5. The number of carbonyl (C=O) groups is 2. The van der Waals surface area contributed by atoms with Crippen LogP contribution >= 0.6 is 0 Å². The predicted octanol–water partition coefficient (Wildman–Crippen LogP) is 6.67. The zero-order valence-corrected chi connectivity index (χ0v) is 17.2. The summed E-state index contributed by atoms with van der Waals surface area (Å²) in [6.45, 7) is 4.22. The van der Waals surface area contributed by atoms with Crippen LogP contribution in [0, 0.1) is 11.8 Å². The molecule has 0 aromatic heterocycles. The van der Waals surface area contributed by atoms with Gasteiger partial charge in [0, 0.05) is 0 Å². The molecule has 26 heavy (non-hydrogen) atoms. The average molecular weight is 371 g/mol. The lowest BCUT2D eigenvalue weighted by atomic mass is 9.83. The highest BCUT2D eigenvalue weighted by atomic mass is 16.4. The molecule has 4 nitrogen and oxygen atoms in total. The summed E-state index contributed by atoms with van der Waals surface area (Å²) in [5, 5.41) is 18.2. The summed E-state index contributed by atoms with van der Waals surface area (Å²) in [6.07, 6.45) is 18.2. The summed E-state index contributed by atoms with van der Waals surface area (Å²) in [6, 6.07) is 0. The molecule has 0 aliphatic heterocycles. The standard InChI is InChI=1S/C22H42O4/c1-3-5-6-7-8-9-10-11-12-13-14-15-16-17-19(4-2)20(22(25)26)18-21(23)24/h19-20H,3-18H2,1-2H3,(H,23,24)(H,25,26). The predicted molar refractivity (Wildman–Crippen MR) is 107 cm³/mol. The number of carboxylic acid groups (broad SMARTS) is 2. The summed E-state index contributed by atoms with van der Waals surface area (Å²) in [5.74, 6) is -2.73. The van der Waals surface area contributed by atoms with Gasteiger partial charge in [-0.25, -0.2) is 0 Å². The SMILES string of the molecule is CCCCCCCCCCCCCCCC(CC)C(CC(=O)O)C(=O)O. The Labute approximate surface area is 160 Å². The largest absolute Gasteiger partial charge is 0.481 e. The Balaban J connectivity index is 3.62. The second-order valence-electron chi connectivity index (χ2n) is 7.74. The molecule has 0 heterocycles. The maximum atomic E-state index is 11.3. The Kier molecular flexibility index (Phi) is 16.7. The van der Waals surface area contributed by atoms with E-state index in [1.807, 2.05) is 6.92 Å². The molecule has 0 rings (SSSR count). The fourth-order valence-corrected chi connectivity index (χ4v) is 3.76. The highest BCUT2D eigenvalue weighted by Crippen LogP contribution is 2.26. The second-order valence-corrected chi connectivity index (χ2v) is 7.74. The van der Waals surface area contributed by atoms with Gasteiger partial charge in [-0.2, -0.15) is 0 Å². The van der Waals surface area contributed by atoms with Crippen LogP contribution < -0.4 is 0 Å². The van der Waals surface area contributed by atoms with Crippen molar-refractivity contribution in [2.75, 3.05) is 0 Å². The van der Waals surface area contributed by atoms with E-state index in [0.717, 1.165) is 25.7 Å². The molecule has 0 fully saturated rings. The van der Waals surface area contributed by atoms with Crippen LogP contribution in [0.15, 0.2) is 0 Å². The number of carboxylic acids is 2. The molecule has 0 aromatic rings. The molecule has 154 valence electrons. The van der Waals surface area contributed by atoms with Gasteiger partial charge in [-0.3, -0.25) is 9.59 Å². The van der Waals surface area contributed by atoms with Crippen LogP contribution in [0.1, 0.15) is 117 Å². The van der Waals surface area contributed by atoms with E-state index in [9.17, 15) is 14.7 Å². The van der Waals surface area contributed by atoms with Gasteiger partial charge in [-0.05, 0) is 12.3 Å². The van der Waals surface area contributed by atoms with Gasteiger partial charge in [0.15, 0.2) is 0 Å². The fraction of sp³-hybridized carbons (Fsp3) is 0.909. The quantitative estimate of drug-likeness (QED) is 0.249. The highest BCUT2D eigenvalue weighted by Gasteiger charge is 2.28. The van der Waals surface area contributed by atoms with Crippen molar-refractivity contribution in [1.82, 2.24) is 0 Å². The van der Waals surface area contributed by atoms with Gasteiger partial charge in [0.2, 0.25) is 0 Å². The molecule has 0 saturated heterocycles. The third-order valence-electron chi connectivity index (χ3n) is 5.48. The third kappa shape index (κ3) is 14.1. The second kappa shape index (κ2) is 17.4. The number of aliphatic carboxylic acids is 2. The Hall–Kier alpha value is -1.06. The molecule has 4 heteroatoms. The van der Waals surface area contributed by atoms with Crippen LogP contribution in [-0.4, -0.2) is 22.2 Å². The van der Waals surface area contributed by atoms with E-state index in [4.69, 9.17) is 5.11 Å². The van der Waals surface area contributed by atoms with Crippen LogP contribution in [0.2, 0.25) is 0 Å². The van der Waals surface area contributed by atoms with Crippen molar-refractivity contribution in [3.05, 3.63) is 0 Å². The summed E-state index contributed by atoms with van der Waals surface area (Å²) in [7, 11) is 0. The van der Waals surface area contributed by atoms with Crippen LogP contribution in [0.3, 0.4) is 0 Å². The van der Waals surface area contributed by atoms with E-state index in [2.05, 4.69) is 6.92 Å². The van der Waals surface area contributed by atoms with E-state index < -0.39 is 17.9 Å². The zero-order chi connectivity index (χ0) is 19.6. The van der Waals surface area contributed by atoms with Gasteiger partial charge in [0.25, 0.3) is 0 Å². The van der Waals surface area contributed by atoms with Gasteiger partial charge in [0.05, 0.1) is 12.3 Å². The summed E-state index contributed by atoms with van der Waals surface area (Å²) < 4.78 is 0. The number of unbranched alkanes of at least 4 members (excludes halogenated alkanes) is 12. The van der Waals surface area contributed by atoms with Crippen molar-refractivity contribution in [2.24, 2.45) is 11.8 Å². The first-order chi connectivity index (χ1) is 12.5. The molecule has 2 unspecified atom stereocenters. The van der Waals surface area contributed by atoms with Crippen molar-refractivity contribution in [2.45, 2.75) is 117 Å². The van der Waals surface area contributed by atoms with Crippen LogP contribution in [0.4, 0.5) is 0 Å². The van der Waals surface area contributed by atoms with E-state index in [1.54, 1.807) is 0 Å². The Morgan fingerprint density at radius 3 is 1.46 bits per heavy atom. The minimum Gasteiger partial charge on any atom is -0.481 e. The van der Waals surface area contributed by atoms with E-state index in [1.165, 1.54) is 70.6 Å². The maximum Gasteiger partial charge on any atom is 0.307 e. The van der Waals surface area contributed by atoms with Crippen molar-refractivity contribution in [1.29, 1.82) is 0 Å². The van der Waals surface area contributed by atoms with Gasteiger partial charge >= 0.3 is 11.9 Å². The lowest BCUT2D eigenvalue weighted by Crippen LogP contribution is -2.26. The molecule has 2 atom stereocenters. The zero-order valence-electron chi connectivity index (χ0n) is 17.2. The molecule has 2 N–H and O–H groups in total. The molecule has 0 bridgehead atoms. The van der Waals surface area contributed by atoms with Crippen LogP contribution in [-0.2, 0) is 9.59 Å². The first kappa shape index (κ1) is 24.9. The number of hydrogen-bond acceptors (Lipinski definition) is 2. The van der Waals surface area contributed by atoms with E-state index in [-0.39, 0.29) is 12.3 Å². The summed E-state index contributed by atoms with van der Waals surface area (Å²) >= 11 is 0. The highest BCUT2D eigenvalue weighted by molar-refractivity contribution is 5.77. The molecule has 0 spiro atoms. The fourth-order valence-electron chi connectivity index (χ4n) is 3.76. The summed E-state index contributed by atoms with van der Waals surface area (Å²) in [4.78, 5) is 22.2. The van der Waals surface area contributed by atoms with Crippen LogP contribution in [0.5, 0.6) is 0 Å². The van der Waals surface area contributed by atoms with E-state index >= 15 is 0 Å². The minimum absolute atomic E-state index is 0.0173. The lowest BCUT2D eigenvalue weighted by Gasteiger charge is -2.21. The monoisotopic (exact) mass is 370 g/mol. The molecule has 0 aliphatic rings. The first-order valence-corrected chi connectivity index (χ1v) is 11.0. The smallest absolute Gasteiger partial charge is 0.307 e. The van der Waals surface area contributed by atoms with Gasteiger partial charge < -0.3 is 10.2 Å². The third-order valence-corrected chi connectivity index (χ3v) is 5.48. The Bertz CT molecular complexity index is 354. The van der Waals surface area contributed by atoms with Gasteiger partial charge in [-0.15, -0.1) is 0 Å². The van der Waals surface area contributed by atoms with Crippen molar-refractivity contribution in [3.63, 3.8) is 0 Å². The first-order valence-electron chi connectivity index (χ1n) is 11.0. The lowest BCUT2D eigenvalue weighted by molar-refractivity contribution is -0.150. The van der Waals surface area contributed by atoms with Gasteiger partial charge in [0.1, 0.15) is 0 Å². The molecule has 0 amide bonds. The Morgan fingerprint density at radius 2 is 1.12 bits per heavy atom. The minimum atomic E-state index is -1.01. The maximum absolute atomic E-state index is 11.3. The summed E-state index contributed by atoms with van der Waals surface area (Å²) in [5.41, 5.74) is 0. The Morgan fingerprint density at radius 1 is 0.692 bits per heavy atom. The van der Waals surface area contributed by atoms with Crippen molar-refractivity contribution in [3.8, 4) is 0 Å². The molecule has 0 aliphatic carbocycles.